The van der Waals surface area contributed by atoms with E-state index in [0.29, 0.717) is 19.0 Å². The van der Waals surface area contributed by atoms with E-state index in [1.165, 1.54) is 6.07 Å². The molecule has 1 N–H and O–H groups in total. The van der Waals surface area contributed by atoms with Gasteiger partial charge in [-0.05, 0) is 50.7 Å². The second kappa shape index (κ2) is 9.87. The number of likely N-dealkylation sites (N-methyl/N-ethyl adjacent to an activating group) is 1. The molecule has 31 heavy (non-hydrogen) atoms. The van der Waals surface area contributed by atoms with Crippen LogP contribution in [0.3, 0.4) is 0 Å². The average molecular weight is 430 g/mol. The molecule has 1 amide bonds. The van der Waals surface area contributed by atoms with Crippen LogP contribution in [0.4, 0.5) is 8.78 Å². The Bertz CT molecular complexity index is 1060. The largest absolute Gasteiger partial charge is 0.453 e. The van der Waals surface area contributed by atoms with E-state index in [1.807, 2.05) is 23.7 Å². The van der Waals surface area contributed by atoms with Gasteiger partial charge in [-0.2, -0.15) is 5.10 Å². The fraction of sp³-hybridized carbons (Fsp3) is 0.391. The van der Waals surface area contributed by atoms with Crippen LogP contribution in [0.1, 0.15) is 30.6 Å². The van der Waals surface area contributed by atoms with Gasteiger partial charge in [-0.3, -0.25) is 9.48 Å². The molecule has 8 heteroatoms. The van der Waals surface area contributed by atoms with Gasteiger partial charge in [0.05, 0.1) is 17.3 Å². The lowest BCUT2D eigenvalue weighted by Gasteiger charge is -2.15. The van der Waals surface area contributed by atoms with Crippen LogP contribution in [0.2, 0.25) is 0 Å². The Morgan fingerprint density at radius 3 is 2.65 bits per heavy atom. The van der Waals surface area contributed by atoms with Crippen molar-refractivity contribution in [1.29, 1.82) is 0 Å². The minimum absolute atomic E-state index is 0.157. The maximum Gasteiger partial charge on any atom is 0.255 e. The van der Waals surface area contributed by atoms with E-state index in [2.05, 4.69) is 24.3 Å². The van der Waals surface area contributed by atoms with Crippen LogP contribution in [0.15, 0.2) is 36.5 Å². The van der Waals surface area contributed by atoms with Crippen molar-refractivity contribution in [2.45, 2.75) is 26.8 Å². The fourth-order valence-corrected chi connectivity index (χ4v) is 3.09. The Hall–Kier alpha value is -3.00. The molecule has 0 radical (unpaired) electrons. The predicted molar refractivity (Wildman–Crippen MR) is 117 cm³/mol. The molecule has 0 fully saturated rings. The second-order valence-corrected chi connectivity index (χ2v) is 8.19. The molecule has 3 rings (SSSR count). The normalized spacial score (nSPS) is 11.5. The van der Waals surface area contributed by atoms with Gasteiger partial charge in [0, 0.05) is 31.1 Å². The number of amides is 1. The van der Waals surface area contributed by atoms with E-state index >= 15 is 0 Å². The molecule has 0 unspecified atom stereocenters. The Morgan fingerprint density at radius 2 is 1.97 bits per heavy atom. The molecule has 0 atom stereocenters. The predicted octanol–water partition coefficient (Wildman–Crippen LogP) is 4.44. The standard InChI is InChI=1S/C23H28F2N4O2/c1-15(2)7-9-29-20-13-18(23(30)26-8-10-28(3)4)22(11-16(20)14-27-29)31-21-6-5-17(24)12-19(21)25/h5-6,11-15H,7-10H2,1-4H3,(H,26,30). The number of rotatable bonds is 9. The highest BCUT2D eigenvalue weighted by Gasteiger charge is 2.18. The van der Waals surface area contributed by atoms with Gasteiger partial charge in [0.15, 0.2) is 11.6 Å². The quantitative estimate of drug-likeness (QED) is 0.545. The highest BCUT2D eigenvalue weighted by molar-refractivity contribution is 6.01. The highest BCUT2D eigenvalue weighted by atomic mass is 19.1. The SMILES string of the molecule is CC(C)CCn1ncc2cc(Oc3ccc(F)cc3F)c(C(=O)NCCN(C)C)cc21. The summed E-state index contributed by atoms with van der Waals surface area (Å²) in [6, 6.07) is 6.43. The monoisotopic (exact) mass is 430 g/mol. The first-order valence-corrected chi connectivity index (χ1v) is 10.3. The van der Waals surface area contributed by atoms with E-state index < -0.39 is 11.6 Å². The maximum absolute atomic E-state index is 14.2. The highest BCUT2D eigenvalue weighted by Crippen LogP contribution is 2.32. The minimum atomic E-state index is -0.841. The summed E-state index contributed by atoms with van der Waals surface area (Å²) in [5.41, 5.74) is 1.06. The number of ether oxygens (including phenoxy) is 1. The zero-order chi connectivity index (χ0) is 22.5. The van der Waals surface area contributed by atoms with E-state index in [4.69, 9.17) is 4.74 Å². The van der Waals surface area contributed by atoms with Gasteiger partial charge >= 0.3 is 0 Å². The smallest absolute Gasteiger partial charge is 0.255 e. The summed E-state index contributed by atoms with van der Waals surface area (Å²) in [4.78, 5) is 14.9. The molecule has 0 saturated carbocycles. The average Bonchev–Trinajstić information content (AvgIpc) is 3.09. The summed E-state index contributed by atoms with van der Waals surface area (Å²) in [5, 5.41) is 8.06. The summed E-state index contributed by atoms with van der Waals surface area (Å²) in [6.45, 7) is 6.11. The first-order chi connectivity index (χ1) is 14.7. The van der Waals surface area contributed by atoms with Crippen molar-refractivity contribution in [3.8, 4) is 11.5 Å². The van der Waals surface area contributed by atoms with Crippen LogP contribution in [-0.4, -0.2) is 47.8 Å². The van der Waals surface area contributed by atoms with Gasteiger partial charge in [0.25, 0.3) is 5.91 Å². The van der Waals surface area contributed by atoms with Crippen molar-refractivity contribution in [3.05, 3.63) is 53.7 Å². The first-order valence-electron chi connectivity index (χ1n) is 10.3. The summed E-state index contributed by atoms with van der Waals surface area (Å²) < 4.78 is 35.0. The zero-order valence-corrected chi connectivity index (χ0v) is 18.3. The lowest BCUT2D eigenvalue weighted by atomic mass is 10.1. The molecule has 166 valence electrons. The molecule has 0 spiro atoms. The van der Waals surface area contributed by atoms with Crippen molar-refractivity contribution in [1.82, 2.24) is 20.0 Å². The molecule has 0 bridgehead atoms. The molecule has 0 aliphatic heterocycles. The number of carbonyl (C=O) groups excluding carboxylic acids is 1. The van der Waals surface area contributed by atoms with Crippen molar-refractivity contribution < 1.29 is 18.3 Å². The molecule has 2 aromatic carbocycles. The van der Waals surface area contributed by atoms with Crippen LogP contribution < -0.4 is 10.1 Å². The van der Waals surface area contributed by atoms with E-state index in [-0.39, 0.29) is 23.0 Å². The number of hydrogen-bond acceptors (Lipinski definition) is 4. The van der Waals surface area contributed by atoms with Crippen LogP contribution in [0.25, 0.3) is 10.9 Å². The van der Waals surface area contributed by atoms with Crippen molar-refractivity contribution in [2.75, 3.05) is 27.2 Å². The molecule has 0 saturated heterocycles. The number of benzene rings is 2. The number of aromatic nitrogens is 2. The number of nitrogens with one attached hydrogen (secondary N) is 1. The molecule has 6 nitrogen and oxygen atoms in total. The number of halogens is 2. The van der Waals surface area contributed by atoms with E-state index in [0.717, 1.165) is 36.0 Å². The third-order valence-corrected chi connectivity index (χ3v) is 4.86. The molecule has 3 aromatic rings. The molecule has 0 aliphatic carbocycles. The molecule has 1 aromatic heterocycles. The topological polar surface area (TPSA) is 59.4 Å². The minimum Gasteiger partial charge on any atom is -0.453 e. The number of nitrogens with zero attached hydrogens (tertiary/aromatic N) is 3. The van der Waals surface area contributed by atoms with Crippen LogP contribution in [0, 0.1) is 17.6 Å². The van der Waals surface area contributed by atoms with Crippen molar-refractivity contribution in [2.24, 2.45) is 5.92 Å². The van der Waals surface area contributed by atoms with Gasteiger partial charge in [-0.1, -0.05) is 13.8 Å². The van der Waals surface area contributed by atoms with Crippen LogP contribution in [0.5, 0.6) is 11.5 Å². The number of fused-ring (bicyclic) bond motifs is 1. The van der Waals surface area contributed by atoms with Gasteiger partial charge in [-0.15, -0.1) is 0 Å². The number of carbonyl (C=O) groups is 1. The lowest BCUT2D eigenvalue weighted by Crippen LogP contribution is -2.31. The van der Waals surface area contributed by atoms with Crippen LogP contribution >= 0.6 is 0 Å². The Kier molecular flexibility index (Phi) is 7.22. The zero-order valence-electron chi connectivity index (χ0n) is 18.3. The second-order valence-electron chi connectivity index (χ2n) is 8.19. The Labute approximate surface area is 180 Å². The summed E-state index contributed by atoms with van der Waals surface area (Å²) in [7, 11) is 3.83. The molecule has 0 aliphatic rings. The fourth-order valence-electron chi connectivity index (χ4n) is 3.09. The Balaban J connectivity index is 1.98. The van der Waals surface area contributed by atoms with Gasteiger partial charge < -0.3 is 15.0 Å². The van der Waals surface area contributed by atoms with Crippen LogP contribution in [-0.2, 0) is 6.54 Å². The molecule has 1 heterocycles. The third-order valence-electron chi connectivity index (χ3n) is 4.86. The van der Waals surface area contributed by atoms with Gasteiger partial charge in [0.2, 0.25) is 0 Å². The summed E-state index contributed by atoms with van der Waals surface area (Å²) >= 11 is 0. The van der Waals surface area contributed by atoms with Gasteiger partial charge in [-0.25, -0.2) is 8.78 Å². The van der Waals surface area contributed by atoms with Crippen molar-refractivity contribution >= 4 is 16.8 Å². The summed E-state index contributed by atoms with van der Waals surface area (Å²) in [5.74, 6) is -1.34. The maximum atomic E-state index is 14.2. The lowest BCUT2D eigenvalue weighted by molar-refractivity contribution is 0.0948. The first kappa shape index (κ1) is 22.7. The molecular weight excluding hydrogens is 402 g/mol. The Morgan fingerprint density at radius 1 is 1.19 bits per heavy atom. The van der Waals surface area contributed by atoms with E-state index in [1.54, 1.807) is 18.3 Å². The van der Waals surface area contributed by atoms with Gasteiger partial charge in [0.1, 0.15) is 11.6 Å². The van der Waals surface area contributed by atoms with E-state index in [9.17, 15) is 13.6 Å². The summed E-state index contributed by atoms with van der Waals surface area (Å²) in [6.07, 6.45) is 2.64. The molecular formula is C23H28F2N4O2. The number of aryl methyl sites for hydroxylation is 1. The van der Waals surface area contributed by atoms with Crippen molar-refractivity contribution in [3.63, 3.8) is 0 Å². The third kappa shape index (κ3) is 5.79. The number of hydrogen-bond donors (Lipinski definition) is 1.